The minimum atomic E-state index is -0.0676. The van der Waals surface area contributed by atoms with Crippen molar-refractivity contribution in [3.8, 4) is 5.69 Å². The van der Waals surface area contributed by atoms with E-state index in [0.29, 0.717) is 21.4 Å². The van der Waals surface area contributed by atoms with Gasteiger partial charge in [-0.3, -0.25) is 14.2 Å². The van der Waals surface area contributed by atoms with Crippen molar-refractivity contribution < 1.29 is 4.79 Å². The largest absolute Gasteiger partial charge is 0.293 e. The topological polar surface area (TPSA) is 52.0 Å². The van der Waals surface area contributed by atoms with Gasteiger partial charge in [-0.25, -0.2) is 4.98 Å². The summed E-state index contributed by atoms with van der Waals surface area (Å²) in [6, 6.07) is 14.7. The zero-order valence-corrected chi connectivity index (χ0v) is 19.9. The molecule has 0 unspecified atom stereocenters. The number of rotatable bonds is 5. The Hall–Kier alpha value is -2.41. The van der Waals surface area contributed by atoms with Gasteiger partial charge in [0.05, 0.1) is 16.8 Å². The average molecular weight is 481 g/mol. The monoisotopic (exact) mass is 480 g/mol. The van der Waals surface area contributed by atoms with Crippen LogP contribution in [0, 0.1) is 6.92 Å². The molecule has 0 radical (unpaired) electrons. The summed E-state index contributed by atoms with van der Waals surface area (Å²) in [4.78, 5) is 33.4. The van der Waals surface area contributed by atoms with Gasteiger partial charge in [-0.15, -0.1) is 11.3 Å². The SMILES string of the molecule is Cc1ccc(C(=O)CSc2nc3sc4c(c3c(=O)n2-c2ccc(Cl)cc2)CCCC4)cc1. The van der Waals surface area contributed by atoms with Crippen molar-refractivity contribution >= 4 is 50.7 Å². The molecule has 1 aliphatic carbocycles. The summed E-state index contributed by atoms with van der Waals surface area (Å²) in [5.41, 5.74) is 3.57. The number of benzene rings is 2. The second-order valence-electron chi connectivity index (χ2n) is 7.98. The molecule has 162 valence electrons. The number of halogens is 1. The number of Topliss-reactive ketones (excluding diaryl/α,β-unsaturated/α-hetero) is 1. The summed E-state index contributed by atoms with van der Waals surface area (Å²) in [7, 11) is 0. The number of carbonyl (C=O) groups is 1. The second-order valence-corrected chi connectivity index (χ2v) is 10.4. The Morgan fingerprint density at radius 1 is 1.09 bits per heavy atom. The van der Waals surface area contributed by atoms with Gasteiger partial charge in [-0.2, -0.15) is 0 Å². The number of hydrogen-bond acceptors (Lipinski definition) is 5. The van der Waals surface area contributed by atoms with Gasteiger partial charge in [0, 0.05) is 15.5 Å². The highest BCUT2D eigenvalue weighted by molar-refractivity contribution is 7.99. The molecule has 4 aromatic rings. The first-order valence-corrected chi connectivity index (χ1v) is 12.7. The molecule has 0 bridgehead atoms. The van der Waals surface area contributed by atoms with E-state index in [1.165, 1.54) is 16.6 Å². The number of thiophene rings is 1. The first kappa shape index (κ1) is 21.4. The molecule has 0 atom stereocenters. The molecule has 0 amide bonds. The van der Waals surface area contributed by atoms with Crippen molar-refractivity contribution in [2.45, 2.75) is 37.8 Å². The predicted octanol–water partition coefficient (Wildman–Crippen LogP) is 6.26. The molecule has 2 aromatic heterocycles. The molecule has 0 aliphatic heterocycles. The number of thioether (sulfide) groups is 1. The van der Waals surface area contributed by atoms with Crippen LogP contribution in [0.4, 0.5) is 0 Å². The van der Waals surface area contributed by atoms with E-state index in [9.17, 15) is 9.59 Å². The zero-order valence-electron chi connectivity index (χ0n) is 17.6. The maximum atomic E-state index is 13.7. The van der Waals surface area contributed by atoms with Crippen LogP contribution < -0.4 is 5.56 Å². The van der Waals surface area contributed by atoms with E-state index in [1.54, 1.807) is 28.0 Å². The molecule has 5 rings (SSSR count). The van der Waals surface area contributed by atoms with Crippen LogP contribution in [-0.4, -0.2) is 21.1 Å². The van der Waals surface area contributed by atoms with Crippen LogP contribution >= 0.6 is 34.7 Å². The minimum Gasteiger partial charge on any atom is -0.293 e. The van der Waals surface area contributed by atoms with Gasteiger partial charge in [-0.05, 0) is 62.4 Å². The third-order valence-corrected chi connectivity index (χ3v) is 8.13. The van der Waals surface area contributed by atoms with Gasteiger partial charge in [0.25, 0.3) is 5.56 Å². The van der Waals surface area contributed by atoms with E-state index < -0.39 is 0 Å². The number of carbonyl (C=O) groups excluding carboxylic acids is 1. The van der Waals surface area contributed by atoms with Crippen LogP contribution in [-0.2, 0) is 12.8 Å². The molecule has 0 saturated carbocycles. The summed E-state index contributed by atoms with van der Waals surface area (Å²) in [6.45, 7) is 1.99. The molecule has 1 aliphatic rings. The fourth-order valence-electron chi connectivity index (χ4n) is 4.05. The Bertz CT molecular complexity index is 1370. The highest BCUT2D eigenvalue weighted by atomic mass is 35.5. The predicted molar refractivity (Wildman–Crippen MR) is 133 cm³/mol. The van der Waals surface area contributed by atoms with E-state index in [1.807, 2.05) is 43.3 Å². The van der Waals surface area contributed by atoms with E-state index in [-0.39, 0.29) is 17.1 Å². The van der Waals surface area contributed by atoms with Crippen LogP contribution in [0.3, 0.4) is 0 Å². The van der Waals surface area contributed by atoms with Crippen LogP contribution in [0.5, 0.6) is 0 Å². The minimum absolute atomic E-state index is 0.0116. The highest BCUT2D eigenvalue weighted by Crippen LogP contribution is 2.35. The molecular weight excluding hydrogens is 460 g/mol. The molecule has 32 heavy (non-hydrogen) atoms. The molecule has 0 fully saturated rings. The summed E-state index contributed by atoms with van der Waals surface area (Å²) in [5.74, 6) is 0.220. The Labute approximate surface area is 199 Å². The standard InChI is InChI=1S/C25H21ClN2O2S2/c1-15-6-8-16(9-7-15)20(29)14-31-25-27-23-22(19-4-2-3-5-21(19)32-23)24(30)28(25)18-12-10-17(26)11-13-18/h6-13H,2-5,14H2,1H3. The third kappa shape index (κ3) is 4.03. The quantitative estimate of drug-likeness (QED) is 0.192. The Morgan fingerprint density at radius 3 is 2.56 bits per heavy atom. The van der Waals surface area contributed by atoms with E-state index in [0.717, 1.165) is 47.0 Å². The van der Waals surface area contributed by atoms with Crippen LogP contribution in [0.2, 0.25) is 5.02 Å². The third-order valence-electron chi connectivity index (χ3n) is 5.75. The highest BCUT2D eigenvalue weighted by Gasteiger charge is 2.23. The van der Waals surface area contributed by atoms with E-state index >= 15 is 0 Å². The first-order chi connectivity index (χ1) is 15.5. The van der Waals surface area contributed by atoms with Gasteiger partial charge < -0.3 is 0 Å². The molecule has 2 aromatic carbocycles. The number of hydrogen-bond donors (Lipinski definition) is 0. The molecule has 0 saturated heterocycles. The fourth-order valence-corrected chi connectivity index (χ4v) is 6.39. The summed E-state index contributed by atoms with van der Waals surface area (Å²) in [6.07, 6.45) is 4.18. The number of aryl methyl sites for hydroxylation is 3. The maximum absolute atomic E-state index is 13.7. The maximum Gasteiger partial charge on any atom is 0.267 e. The van der Waals surface area contributed by atoms with Crippen LogP contribution in [0.15, 0.2) is 58.5 Å². The Balaban J connectivity index is 1.59. The molecule has 7 heteroatoms. The Morgan fingerprint density at radius 2 is 1.81 bits per heavy atom. The van der Waals surface area contributed by atoms with Crippen molar-refractivity contribution in [2.75, 3.05) is 5.75 Å². The lowest BCUT2D eigenvalue weighted by Gasteiger charge is -2.13. The molecule has 0 N–H and O–H groups in total. The summed E-state index contributed by atoms with van der Waals surface area (Å²) in [5, 5.41) is 1.87. The van der Waals surface area contributed by atoms with Gasteiger partial charge >= 0.3 is 0 Å². The fraction of sp³-hybridized carbons (Fsp3) is 0.240. The lowest BCUT2D eigenvalue weighted by atomic mass is 9.97. The van der Waals surface area contributed by atoms with Gasteiger partial charge in [0.2, 0.25) is 0 Å². The number of fused-ring (bicyclic) bond motifs is 3. The smallest absolute Gasteiger partial charge is 0.267 e. The number of ketones is 1. The van der Waals surface area contributed by atoms with Crippen molar-refractivity contribution in [3.63, 3.8) is 0 Å². The van der Waals surface area contributed by atoms with Crippen LogP contribution in [0.1, 0.15) is 39.2 Å². The lowest BCUT2D eigenvalue weighted by Crippen LogP contribution is -2.22. The first-order valence-electron chi connectivity index (χ1n) is 10.6. The zero-order chi connectivity index (χ0) is 22.2. The molecule has 0 spiro atoms. The lowest BCUT2D eigenvalue weighted by molar-refractivity contribution is 0.102. The Kier molecular flexibility index (Phi) is 5.93. The van der Waals surface area contributed by atoms with Crippen LogP contribution in [0.25, 0.3) is 15.9 Å². The van der Waals surface area contributed by atoms with E-state index in [2.05, 4.69) is 0 Å². The number of nitrogens with zero attached hydrogens (tertiary/aromatic N) is 2. The van der Waals surface area contributed by atoms with Crippen molar-refractivity contribution in [3.05, 3.63) is 85.5 Å². The normalized spacial score (nSPS) is 13.3. The van der Waals surface area contributed by atoms with Crippen molar-refractivity contribution in [1.82, 2.24) is 9.55 Å². The van der Waals surface area contributed by atoms with Gasteiger partial charge in [0.15, 0.2) is 10.9 Å². The number of aromatic nitrogens is 2. The van der Waals surface area contributed by atoms with Crippen molar-refractivity contribution in [1.29, 1.82) is 0 Å². The van der Waals surface area contributed by atoms with Crippen molar-refractivity contribution in [2.24, 2.45) is 0 Å². The summed E-state index contributed by atoms with van der Waals surface area (Å²) < 4.78 is 1.63. The molecular formula is C25H21ClN2O2S2. The van der Waals surface area contributed by atoms with E-state index in [4.69, 9.17) is 16.6 Å². The molecule has 4 nitrogen and oxygen atoms in total. The molecule has 2 heterocycles. The summed E-state index contributed by atoms with van der Waals surface area (Å²) >= 11 is 9.01. The second kappa shape index (κ2) is 8.85. The van der Waals surface area contributed by atoms with Gasteiger partial charge in [0.1, 0.15) is 4.83 Å². The van der Waals surface area contributed by atoms with Gasteiger partial charge in [-0.1, -0.05) is 53.2 Å². The average Bonchev–Trinajstić information content (AvgIpc) is 3.17.